The van der Waals surface area contributed by atoms with E-state index in [-0.39, 0.29) is 31.6 Å². The molecule has 0 atom stereocenters. The summed E-state index contributed by atoms with van der Waals surface area (Å²) in [6.45, 7) is 1.65. The first-order valence-electron chi connectivity index (χ1n) is 8.49. The number of para-hydroxylation sites is 1. The molecule has 6 heteroatoms. The number of benzene rings is 1. The van der Waals surface area contributed by atoms with Crippen molar-refractivity contribution in [1.29, 1.82) is 0 Å². The predicted molar refractivity (Wildman–Crippen MR) is 91.0 cm³/mol. The fourth-order valence-corrected chi connectivity index (χ4v) is 2.78. The second-order valence-corrected chi connectivity index (χ2v) is 6.03. The molecule has 0 bridgehead atoms. The molecule has 1 aliphatic heterocycles. The van der Waals surface area contributed by atoms with Crippen molar-refractivity contribution in [3.63, 3.8) is 0 Å². The zero-order valence-electron chi connectivity index (χ0n) is 14.2. The van der Waals surface area contributed by atoms with Crippen LogP contribution in [0.2, 0.25) is 0 Å². The average molecular weight is 334 g/mol. The SMILES string of the molecule is CN(CCO)C(=O)c1ccccc1OCC(=O)N1CCCCCC1. The third kappa shape index (κ3) is 4.96. The van der Waals surface area contributed by atoms with Gasteiger partial charge >= 0.3 is 0 Å². The first-order valence-corrected chi connectivity index (χ1v) is 8.49. The molecule has 1 saturated heterocycles. The summed E-state index contributed by atoms with van der Waals surface area (Å²) >= 11 is 0. The van der Waals surface area contributed by atoms with Gasteiger partial charge in [-0.25, -0.2) is 0 Å². The van der Waals surface area contributed by atoms with Crippen LogP contribution in [0.5, 0.6) is 5.75 Å². The minimum absolute atomic E-state index is 0.0390. The number of rotatable bonds is 6. The largest absolute Gasteiger partial charge is 0.483 e. The molecule has 1 aromatic carbocycles. The molecule has 0 spiro atoms. The molecule has 132 valence electrons. The normalized spacial score (nSPS) is 14.8. The smallest absolute Gasteiger partial charge is 0.260 e. The highest BCUT2D eigenvalue weighted by Gasteiger charge is 2.19. The van der Waals surface area contributed by atoms with Crippen molar-refractivity contribution in [2.75, 3.05) is 39.9 Å². The minimum atomic E-state index is -0.234. The Morgan fingerprint density at radius 3 is 2.50 bits per heavy atom. The van der Waals surface area contributed by atoms with Crippen LogP contribution in [-0.4, -0.2) is 66.6 Å². The van der Waals surface area contributed by atoms with Crippen LogP contribution in [0.4, 0.5) is 0 Å². The lowest BCUT2D eigenvalue weighted by Crippen LogP contribution is -2.36. The van der Waals surface area contributed by atoms with Gasteiger partial charge in [0.1, 0.15) is 5.75 Å². The van der Waals surface area contributed by atoms with E-state index < -0.39 is 0 Å². The molecule has 2 amide bonds. The molecular weight excluding hydrogens is 308 g/mol. The molecule has 0 radical (unpaired) electrons. The van der Waals surface area contributed by atoms with Crippen LogP contribution in [0.1, 0.15) is 36.0 Å². The Bertz CT molecular complexity index is 554. The van der Waals surface area contributed by atoms with Crippen LogP contribution >= 0.6 is 0 Å². The summed E-state index contributed by atoms with van der Waals surface area (Å²) in [5.74, 6) is 0.125. The van der Waals surface area contributed by atoms with Crippen LogP contribution in [0, 0.1) is 0 Å². The van der Waals surface area contributed by atoms with Crippen LogP contribution in [-0.2, 0) is 4.79 Å². The number of carbonyl (C=O) groups is 2. The lowest BCUT2D eigenvalue weighted by molar-refractivity contribution is -0.133. The zero-order chi connectivity index (χ0) is 17.4. The van der Waals surface area contributed by atoms with Gasteiger partial charge in [-0.3, -0.25) is 9.59 Å². The number of carbonyl (C=O) groups excluding carboxylic acids is 2. The lowest BCUT2D eigenvalue weighted by atomic mass is 10.2. The Labute approximate surface area is 143 Å². The van der Waals surface area contributed by atoms with E-state index >= 15 is 0 Å². The number of aliphatic hydroxyl groups is 1. The summed E-state index contributed by atoms with van der Waals surface area (Å²) in [6, 6.07) is 6.88. The Morgan fingerprint density at radius 2 is 1.83 bits per heavy atom. The summed E-state index contributed by atoms with van der Waals surface area (Å²) in [5.41, 5.74) is 0.400. The van der Waals surface area contributed by atoms with E-state index in [1.54, 1.807) is 31.3 Å². The van der Waals surface area contributed by atoms with Crippen molar-refractivity contribution >= 4 is 11.8 Å². The Kier molecular flexibility index (Phi) is 7.06. The van der Waals surface area contributed by atoms with Crippen LogP contribution in [0.15, 0.2) is 24.3 Å². The van der Waals surface area contributed by atoms with Crippen molar-refractivity contribution in [2.24, 2.45) is 0 Å². The third-order valence-electron chi connectivity index (χ3n) is 4.21. The number of aliphatic hydroxyl groups excluding tert-OH is 1. The summed E-state index contributed by atoms with van der Waals surface area (Å²) in [4.78, 5) is 28.0. The number of hydrogen-bond acceptors (Lipinski definition) is 4. The van der Waals surface area contributed by atoms with Crippen molar-refractivity contribution in [1.82, 2.24) is 9.80 Å². The van der Waals surface area contributed by atoms with E-state index in [1.807, 2.05) is 4.90 Å². The molecule has 0 saturated carbocycles. The lowest BCUT2D eigenvalue weighted by Gasteiger charge is -2.21. The third-order valence-corrected chi connectivity index (χ3v) is 4.21. The second kappa shape index (κ2) is 9.27. The second-order valence-electron chi connectivity index (χ2n) is 6.03. The van der Waals surface area contributed by atoms with Crippen LogP contribution < -0.4 is 4.74 Å². The van der Waals surface area contributed by atoms with Gasteiger partial charge in [-0.1, -0.05) is 25.0 Å². The highest BCUT2D eigenvalue weighted by molar-refractivity contribution is 5.96. The van der Waals surface area contributed by atoms with Gasteiger partial charge in [0.15, 0.2) is 6.61 Å². The maximum absolute atomic E-state index is 12.4. The molecule has 0 unspecified atom stereocenters. The number of likely N-dealkylation sites (tertiary alicyclic amines) is 1. The average Bonchev–Trinajstić information content (AvgIpc) is 2.89. The Hall–Kier alpha value is -2.08. The molecule has 0 aliphatic carbocycles. The van der Waals surface area contributed by atoms with Crippen LogP contribution in [0.25, 0.3) is 0 Å². The van der Waals surface area contributed by atoms with Crippen molar-refractivity contribution in [3.05, 3.63) is 29.8 Å². The van der Waals surface area contributed by atoms with Gasteiger partial charge in [-0.15, -0.1) is 0 Å². The number of likely N-dealkylation sites (N-methyl/N-ethyl adjacent to an activating group) is 1. The number of ether oxygens (including phenoxy) is 1. The quantitative estimate of drug-likeness (QED) is 0.856. The first-order chi connectivity index (χ1) is 11.6. The van der Waals surface area contributed by atoms with E-state index in [2.05, 4.69) is 0 Å². The summed E-state index contributed by atoms with van der Waals surface area (Å²) in [5, 5.41) is 8.97. The Balaban J connectivity index is 1.99. The van der Waals surface area contributed by atoms with Crippen molar-refractivity contribution in [3.8, 4) is 5.75 Å². The maximum atomic E-state index is 12.4. The topological polar surface area (TPSA) is 70.1 Å². The first kappa shape index (κ1) is 18.3. The molecule has 24 heavy (non-hydrogen) atoms. The molecule has 1 aromatic rings. The van der Waals surface area contributed by atoms with Gasteiger partial charge in [0, 0.05) is 26.7 Å². The number of hydrogen-bond donors (Lipinski definition) is 1. The van der Waals surface area contributed by atoms with E-state index in [1.165, 1.54) is 17.7 Å². The van der Waals surface area contributed by atoms with Crippen LogP contribution in [0.3, 0.4) is 0 Å². The summed E-state index contributed by atoms with van der Waals surface area (Å²) in [7, 11) is 1.62. The van der Waals surface area contributed by atoms with E-state index in [0.29, 0.717) is 11.3 Å². The highest BCUT2D eigenvalue weighted by atomic mass is 16.5. The molecule has 6 nitrogen and oxygen atoms in total. The Morgan fingerprint density at radius 1 is 1.17 bits per heavy atom. The standard InChI is InChI=1S/C18H26N2O4/c1-19(12-13-21)18(23)15-8-4-5-9-16(15)24-14-17(22)20-10-6-2-3-7-11-20/h4-5,8-9,21H,2-3,6-7,10-14H2,1H3. The monoisotopic (exact) mass is 334 g/mol. The van der Waals surface area contributed by atoms with Crippen molar-refractivity contribution < 1.29 is 19.4 Å². The molecule has 0 aromatic heterocycles. The molecule has 1 fully saturated rings. The van der Waals surface area contributed by atoms with Gasteiger partial charge in [0.25, 0.3) is 11.8 Å². The fraction of sp³-hybridized carbons (Fsp3) is 0.556. The van der Waals surface area contributed by atoms with Crippen molar-refractivity contribution in [2.45, 2.75) is 25.7 Å². The summed E-state index contributed by atoms with van der Waals surface area (Å²) in [6.07, 6.45) is 4.40. The molecular formula is C18H26N2O4. The number of nitrogens with zero attached hydrogens (tertiary/aromatic N) is 2. The zero-order valence-corrected chi connectivity index (χ0v) is 14.2. The predicted octanol–water partition coefficient (Wildman–Crippen LogP) is 1.53. The van der Waals surface area contributed by atoms with E-state index in [0.717, 1.165) is 25.9 Å². The van der Waals surface area contributed by atoms with Gasteiger partial charge in [0.2, 0.25) is 0 Å². The minimum Gasteiger partial charge on any atom is -0.483 e. The van der Waals surface area contributed by atoms with E-state index in [4.69, 9.17) is 9.84 Å². The molecule has 1 aliphatic rings. The summed E-state index contributed by atoms with van der Waals surface area (Å²) < 4.78 is 5.64. The van der Waals surface area contributed by atoms with E-state index in [9.17, 15) is 9.59 Å². The molecule has 2 rings (SSSR count). The van der Waals surface area contributed by atoms with Gasteiger partial charge in [0.05, 0.1) is 12.2 Å². The molecule has 1 N–H and O–H groups in total. The van der Waals surface area contributed by atoms with Gasteiger partial charge in [-0.05, 0) is 25.0 Å². The van der Waals surface area contributed by atoms with Gasteiger partial charge < -0.3 is 19.6 Å². The van der Waals surface area contributed by atoms with Gasteiger partial charge in [-0.2, -0.15) is 0 Å². The fourth-order valence-electron chi connectivity index (χ4n) is 2.78. The highest BCUT2D eigenvalue weighted by Crippen LogP contribution is 2.20. The maximum Gasteiger partial charge on any atom is 0.260 e. The molecule has 1 heterocycles. The number of amides is 2.